The van der Waals surface area contributed by atoms with Crippen molar-refractivity contribution in [1.82, 2.24) is 14.8 Å². The second-order valence-electron chi connectivity index (χ2n) is 5.99. The predicted molar refractivity (Wildman–Crippen MR) is 104 cm³/mol. The molecule has 136 valence electrons. The third-order valence-electron chi connectivity index (χ3n) is 4.02. The highest BCUT2D eigenvalue weighted by Gasteiger charge is 2.20. The average molecular weight is 388 g/mol. The molecule has 0 bridgehead atoms. The van der Waals surface area contributed by atoms with E-state index in [-0.39, 0.29) is 5.75 Å². The van der Waals surface area contributed by atoms with Gasteiger partial charge >= 0.3 is 0 Å². The van der Waals surface area contributed by atoms with Crippen molar-refractivity contribution in [2.24, 2.45) is 0 Å². The normalized spacial score (nSPS) is 11.6. The molecule has 5 nitrogen and oxygen atoms in total. The van der Waals surface area contributed by atoms with E-state index < -0.39 is 9.84 Å². The molecule has 0 saturated heterocycles. The van der Waals surface area contributed by atoms with E-state index in [0.717, 1.165) is 10.9 Å². The molecule has 0 aliphatic carbocycles. The fourth-order valence-corrected chi connectivity index (χ4v) is 4.83. The van der Waals surface area contributed by atoms with Gasteiger partial charge in [0.25, 0.3) is 0 Å². The molecule has 0 spiro atoms. The van der Waals surface area contributed by atoms with E-state index in [0.29, 0.717) is 17.3 Å². The van der Waals surface area contributed by atoms with Crippen LogP contribution >= 0.6 is 11.8 Å². The van der Waals surface area contributed by atoms with Crippen LogP contribution in [0, 0.1) is 6.92 Å². The molecular weight excluding hydrogens is 366 g/mol. The van der Waals surface area contributed by atoms with E-state index in [4.69, 9.17) is 0 Å². The first-order valence-corrected chi connectivity index (χ1v) is 11.0. The summed E-state index contributed by atoms with van der Waals surface area (Å²) in [4.78, 5) is 0.305. The lowest BCUT2D eigenvalue weighted by Gasteiger charge is -2.08. The Labute approximate surface area is 158 Å². The Hall–Kier alpha value is -2.12. The van der Waals surface area contributed by atoms with E-state index in [2.05, 4.69) is 41.4 Å². The van der Waals surface area contributed by atoms with Gasteiger partial charge in [0.15, 0.2) is 15.0 Å². The minimum Gasteiger partial charge on any atom is -0.305 e. The zero-order valence-corrected chi connectivity index (χ0v) is 16.4. The smallest absolute Gasteiger partial charge is 0.191 e. The van der Waals surface area contributed by atoms with Crippen LogP contribution in [0.3, 0.4) is 0 Å². The van der Waals surface area contributed by atoms with Gasteiger partial charge in [-0.2, -0.15) is 0 Å². The van der Waals surface area contributed by atoms with Gasteiger partial charge in [-0.05, 0) is 31.5 Å². The maximum atomic E-state index is 12.6. The number of hydrogen-bond donors (Lipinski definition) is 0. The number of hydrogen-bond acceptors (Lipinski definition) is 5. The topological polar surface area (TPSA) is 64.8 Å². The van der Waals surface area contributed by atoms with Crippen LogP contribution in [0.2, 0.25) is 0 Å². The van der Waals surface area contributed by atoms with Crippen LogP contribution in [0.1, 0.15) is 23.9 Å². The van der Waals surface area contributed by atoms with Gasteiger partial charge < -0.3 is 4.57 Å². The van der Waals surface area contributed by atoms with Gasteiger partial charge in [0.1, 0.15) is 11.6 Å². The zero-order valence-electron chi connectivity index (χ0n) is 14.8. The van der Waals surface area contributed by atoms with E-state index in [1.165, 1.54) is 11.1 Å². The fraction of sp³-hybridized carbons (Fsp3) is 0.263. The SMILES string of the molecule is CCn1c(CS(=O)(=O)c2ccccc2)nnc1SCc1ccc(C)cc1. The highest BCUT2D eigenvalue weighted by molar-refractivity contribution is 7.98. The first-order chi connectivity index (χ1) is 12.5. The molecule has 26 heavy (non-hydrogen) atoms. The Balaban J connectivity index is 1.76. The largest absolute Gasteiger partial charge is 0.305 e. The summed E-state index contributed by atoms with van der Waals surface area (Å²) in [5.41, 5.74) is 2.42. The van der Waals surface area contributed by atoms with Gasteiger partial charge in [-0.1, -0.05) is 59.8 Å². The van der Waals surface area contributed by atoms with Crippen molar-refractivity contribution < 1.29 is 8.42 Å². The quantitative estimate of drug-likeness (QED) is 0.576. The van der Waals surface area contributed by atoms with Gasteiger partial charge in [-0.25, -0.2) is 8.42 Å². The number of benzene rings is 2. The Kier molecular flexibility index (Phi) is 5.78. The molecular formula is C19H21N3O2S2. The van der Waals surface area contributed by atoms with Crippen LogP contribution in [-0.2, 0) is 27.9 Å². The third-order valence-corrected chi connectivity index (χ3v) is 6.69. The summed E-state index contributed by atoms with van der Waals surface area (Å²) in [6, 6.07) is 16.8. The molecule has 0 N–H and O–H groups in total. The van der Waals surface area contributed by atoms with Crippen LogP contribution in [-0.4, -0.2) is 23.2 Å². The van der Waals surface area contributed by atoms with Crippen molar-refractivity contribution in [1.29, 1.82) is 0 Å². The van der Waals surface area contributed by atoms with Gasteiger partial charge in [0.05, 0.1) is 4.90 Å². The average Bonchev–Trinajstić information content (AvgIpc) is 3.03. The molecule has 7 heteroatoms. The van der Waals surface area contributed by atoms with Gasteiger partial charge in [0.2, 0.25) is 0 Å². The lowest BCUT2D eigenvalue weighted by atomic mass is 10.2. The maximum Gasteiger partial charge on any atom is 0.191 e. The van der Waals surface area contributed by atoms with Crippen molar-refractivity contribution >= 4 is 21.6 Å². The van der Waals surface area contributed by atoms with Crippen molar-refractivity contribution in [3.05, 3.63) is 71.5 Å². The van der Waals surface area contributed by atoms with E-state index in [1.54, 1.807) is 42.1 Å². The fourth-order valence-electron chi connectivity index (χ4n) is 2.56. The second-order valence-corrected chi connectivity index (χ2v) is 8.92. The Bertz CT molecular complexity index is 966. The van der Waals surface area contributed by atoms with Crippen LogP contribution in [0.5, 0.6) is 0 Å². The van der Waals surface area contributed by atoms with E-state index in [1.807, 2.05) is 11.5 Å². The summed E-state index contributed by atoms with van der Waals surface area (Å²) in [6.45, 7) is 4.66. The summed E-state index contributed by atoms with van der Waals surface area (Å²) in [6.07, 6.45) is 0. The molecule has 1 aromatic heterocycles. The van der Waals surface area contributed by atoms with Gasteiger partial charge in [0, 0.05) is 12.3 Å². The minimum atomic E-state index is -3.44. The monoisotopic (exact) mass is 387 g/mol. The Morgan fingerprint density at radius 1 is 1.00 bits per heavy atom. The molecule has 0 atom stereocenters. The van der Waals surface area contributed by atoms with Gasteiger partial charge in [-0.3, -0.25) is 0 Å². The Morgan fingerprint density at radius 2 is 1.69 bits per heavy atom. The molecule has 0 amide bonds. The number of aromatic nitrogens is 3. The lowest BCUT2D eigenvalue weighted by Crippen LogP contribution is -2.11. The summed E-state index contributed by atoms with van der Waals surface area (Å²) in [7, 11) is -3.44. The van der Waals surface area contributed by atoms with Gasteiger partial charge in [-0.15, -0.1) is 10.2 Å². The number of thioether (sulfide) groups is 1. The third kappa shape index (κ3) is 4.34. The molecule has 3 rings (SSSR count). The molecule has 1 heterocycles. The Morgan fingerprint density at radius 3 is 2.35 bits per heavy atom. The van der Waals surface area contributed by atoms with Crippen LogP contribution in [0.15, 0.2) is 64.6 Å². The van der Waals surface area contributed by atoms with Crippen molar-refractivity contribution in [2.45, 2.75) is 41.9 Å². The van der Waals surface area contributed by atoms with Crippen molar-refractivity contribution in [3.8, 4) is 0 Å². The molecule has 0 saturated carbocycles. The zero-order chi connectivity index (χ0) is 18.6. The summed E-state index contributed by atoms with van der Waals surface area (Å²) in [5, 5.41) is 9.09. The molecule has 2 aromatic carbocycles. The maximum absolute atomic E-state index is 12.6. The first kappa shape index (κ1) is 18.7. The van der Waals surface area contributed by atoms with Crippen molar-refractivity contribution in [2.75, 3.05) is 0 Å². The number of sulfone groups is 1. The van der Waals surface area contributed by atoms with E-state index in [9.17, 15) is 8.42 Å². The van der Waals surface area contributed by atoms with Crippen LogP contribution in [0.25, 0.3) is 0 Å². The molecule has 3 aromatic rings. The summed E-state index contributed by atoms with van der Waals surface area (Å²) >= 11 is 1.57. The van der Waals surface area contributed by atoms with Crippen molar-refractivity contribution in [3.63, 3.8) is 0 Å². The standard InChI is InChI=1S/C19H21N3O2S2/c1-3-22-18(14-26(23,24)17-7-5-4-6-8-17)20-21-19(22)25-13-16-11-9-15(2)10-12-16/h4-12H,3,13-14H2,1-2H3. The number of rotatable bonds is 7. The molecule has 0 radical (unpaired) electrons. The molecule has 0 aliphatic rings. The lowest BCUT2D eigenvalue weighted by molar-refractivity contribution is 0.588. The van der Waals surface area contributed by atoms with E-state index >= 15 is 0 Å². The number of aryl methyl sites for hydroxylation is 1. The number of nitrogens with zero attached hydrogens (tertiary/aromatic N) is 3. The second kappa shape index (κ2) is 8.05. The molecule has 0 fully saturated rings. The molecule has 0 unspecified atom stereocenters. The summed E-state index contributed by atoms with van der Waals surface area (Å²) < 4.78 is 27.1. The minimum absolute atomic E-state index is 0.150. The first-order valence-electron chi connectivity index (χ1n) is 8.38. The highest BCUT2D eigenvalue weighted by Crippen LogP contribution is 2.24. The predicted octanol–water partition coefficient (Wildman–Crippen LogP) is 3.87. The van der Waals surface area contributed by atoms with Crippen LogP contribution in [0.4, 0.5) is 0 Å². The molecule has 0 aliphatic heterocycles. The summed E-state index contributed by atoms with van der Waals surface area (Å²) in [5.74, 6) is 1.09. The highest BCUT2D eigenvalue weighted by atomic mass is 32.2. The van der Waals surface area contributed by atoms with Crippen LogP contribution < -0.4 is 0 Å².